The molecule has 1 atom stereocenters. The first-order valence-corrected chi connectivity index (χ1v) is 5.83. The Kier molecular flexibility index (Phi) is 6.08. The molecule has 2 nitrogen and oxygen atoms in total. The smallest absolute Gasteiger partial charge is 0.129 e. The van der Waals surface area contributed by atoms with Crippen LogP contribution in [-0.2, 0) is 11.2 Å². The maximum atomic E-state index is 13.3. The molecule has 0 aliphatic rings. The molecule has 0 aromatic heterocycles. The van der Waals surface area contributed by atoms with Crippen molar-refractivity contribution in [2.45, 2.75) is 32.3 Å². The molecule has 1 aromatic carbocycles. The van der Waals surface area contributed by atoms with E-state index < -0.39 is 17.7 Å². The molecule has 0 radical (unpaired) electrons. The lowest BCUT2D eigenvalue weighted by Gasteiger charge is -2.11. The second-order valence-corrected chi connectivity index (χ2v) is 3.93. The van der Waals surface area contributed by atoms with Gasteiger partial charge in [-0.25, -0.2) is 8.78 Å². The Balaban J connectivity index is 2.37. The Morgan fingerprint density at radius 3 is 2.76 bits per heavy atom. The molecule has 1 rings (SSSR count). The number of aliphatic hydroxyl groups is 1. The van der Waals surface area contributed by atoms with Crippen LogP contribution in [-0.4, -0.2) is 24.4 Å². The van der Waals surface area contributed by atoms with E-state index in [1.807, 2.05) is 6.92 Å². The van der Waals surface area contributed by atoms with Gasteiger partial charge >= 0.3 is 0 Å². The normalized spacial score (nSPS) is 12.7. The van der Waals surface area contributed by atoms with Crippen molar-refractivity contribution in [3.63, 3.8) is 0 Å². The largest absolute Gasteiger partial charge is 0.393 e. The lowest BCUT2D eigenvalue weighted by molar-refractivity contribution is 0.114. The summed E-state index contributed by atoms with van der Waals surface area (Å²) in [5.41, 5.74) is 0.343. The monoisotopic (exact) mass is 244 g/mol. The van der Waals surface area contributed by atoms with Crippen molar-refractivity contribution in [2.75, 3.05) is 13.2 Å². The van der Waals surface area contributed by atoms with Gasteiger partial charge in [-0.05, 0) is 31.4 Å². The summed E-state index contributed by atoms with van der Waals surface area (Å²) >= 11 is 0. The number of halogens is 2. The lowest BCUT2D eigenvalue weighted by Crippen LogP contribution is -2.12. The van der Waals surface area contributed by atoms with E-state index in [9.17, 15) is 13.9 Å². The Morgan fingerprint density at radius 1 is 1.35 bits per heavy atom. The van der Waals surface area contributed by atoms with Gasteiger partial charge in [-0.2, -0.15) is 0 Å². The van der Waals surface area contributed by atoms with Crippen LogP contribution in [0.25, 0.3) is 0 Å². The molecule has 1 unspecified atom stereocenters. The second-order valence-electron chi connectivity index (χ2n) is 3.93. The third-order valence-electron chi connectivity index (χ3n) is 2.50. The molecule has 0 amide bonds. The van der Waals surface area contributed by atoms with E-state index in [0.717, 1.165) is 12.5 Å². The number of rotatable bonds is 7. The lowest BCUT2D eigenvalue weighted by atomic mass is 10.0. The minimum atomic E-state index is -0.615. The van der Waals surface area contributed by atoms with Gasteiger partial charge in [0.15, 0.2) is 0 Å². The van der Waals surface area contributed by atoms with Crippen molar-refractivity contribution < 1.29 is 18.6 Å². The number of benzene rings is 1. The van der Waals surface area contributed by atoms with E-state index in [-0.39, 0.29) is 6.42 Å². The van der Waals surface area contributed by atoms with Crippen LogP contribution in [0.3, 0.4) is 0 Å². The van der Waals surface area contributed by atoms with Crippen LogP contribution in [0.4, 0.5) is 8.78 Å². The van der Waals surface area contributed by atoms with Gasteiger partial charge in [0, 0.05) is 25.7 Å². The molecular weight excluding hydrogens is 226 g/mol. The molecule has 0 aliphatic heterocycles. The highest BCUT2D eigenvalue weighted by Gasteiger charge is 2.10. The summed E-state index contributed by atoms with van der Waals surface area (Å²) in [4.78, 5) is 0. The van der Waals surface area contributed by atoms with Gasteiger partial charge < -0.3 is 9.84 Å². The zero-order valence-corrected chi connectivity index (χ0v) is 9.96. The molecule has 0 heterocycles. The molecule has 17 heavy (non-hydrogen) atoms. The number of aliphatic hydroxyl groups excluding tert-OH is 1. The average Bonchev–Trinajstić information content (AvgIpc) is 2.28. The highest BCUT2D eigenvalue weighted by atomic mass is 19.1. The van der Waals surface area contributed by atoms with Gasteiger partial charge in [-0.1, -0.05) is 6.07 Å². The number of hydrogen-bond donors (Lipinski definition) is 1. The zero-order chi connectivity index (χ0) is 12.7. The number of hydrogen-bond acceptors (Lipinski definition) is 2. The minimum Gasteiger partial charge on any atom is -0.393 e. The molecule has 1 N–H and O–H groups in total. The minimum absolute atomic E-state index is 0.207. The summed E-state index contributed by atoms with van der Waals surface area (Å²) in [5, 5.41) is 9.68. The average molecular weight is 244 g/mol. The fourth-order valence-corrected chi connectivity index (χ4v) is 1.61. The molecule has 0 bridgehead atoms. The third kappa shape index (κ3) is 5.24. The standard InChI is InChI=1S/C13H18F2O2/c1-2-17-7-3-4-12(16)8-10-5-6-11(14)9-13(10)15/h5-6,9,12,16H,2-4,7-8H2,1H3. The predicted molar refractivity (Wildman–Crippen MR) is 61.8 cm³/mol. The predicted octanol–water partition coefficient (Wildman–Crippen LogP) is 2.68. The Labute approximate surface area is 100 Å². The van der Waals surface area contributed by atoms with Gasteiger partial charge in [0.1, 0.15) is 11.6 Å². The molecular formula is C13H18F2O2. The van der Waals surface area contributed by atoms with Crippen LogP contribution in [0.2, 0.25) is 0 Å². The third-order valence-corrected chi connectivity index (χ3v) is 2.50. The second kappa shape index (κ2) is 7.35. The van der Waals surface area contributed by atoms with E-state index in [2.05, 4.69) is 0 Å². The first-order valence-electron chi connectivity index (χ1n) is 5.83. The summed E-state index contributed by atoms with van der Waals surface area (Å²) < 4.78 is 31.1. The SMILES string of the molecule is CCOCCCC(O)Cc1ccc(F)cc1F. The van der Waals surface area contributed by atoms with Crippen LogP contribution in [0.15, 0.2) is 18.2 Å². The molecule has 1 aromatic rings. The van der Waals surface area contributed by atoms with Gasteiger partial charge in [0.05, 0.1) is 6.10 Å². The van der Waals surface area contributed by atoms with Gasteiger partial charge in [-0.3, -0.25) is 0 Å². The molecule has 96 valence electrons. The van der Waals surface area contributed by atoms with Crippen molar-refractivity contribution in [1.29, 1.82) is 0 Å². The fourth-order valence-electron chi connectivity index (χ4n) is 1.61. The number of ether oxygens (including phenoxy) is 1. The van der Waals surface area contributed by atoms with Crippen molar-refractivity contribution in [2.24, 2.45) is 0 Å². The van der Waals surface area contributed by atoms with Crippen LogP contribution in [0.5, 0.6) is 0 Å². The van der Waals surface area contributed by atoms with Gasteiger partial charge in [0.25, 0.3) is 0 Å². The maximum absolute atomic E-state index is 13.3. The van der Waals surface area contributed by atoms with E-state index in [4.69, 9.17) is 4.74 Å². The van der Waals surface area contributed by atoms with Crippen molar-refractivity contribution in [3.05, 3.63) is 35.4 Å². The molecule has 0 fully saturated rings. The Hall–Kier alpha value is -1.00. The van der Waals surface area contributed by atoms with E-state index in [1.54, 1.807) is 0 Å². The maximum Gasteiger partial charge on any atom is 0.129 e. The Morgan fingerprint density at radius 2 is 2.12 bits per heavy atom. The first kappa shape index (κ1) is 14.1. The van der Waals surface area contributed by atoms with Crippen molar-refractivity contribution in [3.8, 4) is 0 Å². The van der Waals surface area contributed by atoms with Crippen LogP contribution in [0.1, 0.15) is 25.3 Å². The van der Waals surface area contributed by atoms with Crippen LogP contribution >= 0.6 is 0 Å². The molecule has 0 aliphatic carbocycles. The molecule has 0 saturated heterocycles. The summed E-state index contributed by atoms with van der Waals surface area (Å²) in [6.07, 6.45) is 0.878. The van der Waals surface area contributed by atoms with E-state index in [0.29, 0.717) is 25.2 Å². The van der Waals surface area contributed by atoms with Crippen molar-refractivity contribution in [1.82, 2.24) is 0 Å². The summed E-state index contributed by atoms with van der Waals surface area (Å²) in [7, 11) is 0. The Bertz CT molecular complexity index is 342. The topological polar surface area (TPSA) is 29.5 Å². The van der Waals surface area contributed by atoms with Crippen molar-refractivity contribution >= 4 is 0 Å². The summed E-state index contributed by atoms with van der Waals surface area (Å²) in [5.74, 6) is -1.20. The fraction of sp³-hybridized carbons (Fsp3) is 0.538. The summed E-state index contributed by atoms with van der Waals surface area (Å²) in [6, 6.07) is 3.41. The highest BCUT2D eigenvalue weighted by molar-refractivity contribution is 5.19. The zero-order valence-electron chi connectivity index (χ0n) is 9.96. The van der Waals surface area contributed by atoms with Gasteiger partial charge in [0.2, 0.25) is 0 Å². The molecule has 0 spiro atoms. The van der Waals surface area contributed by atoms with Gasteiger partial charge in [-0.15, -0.1) is 0 Å². The first-order chi connectivity index (χ1) is 8.13. The quantitative estimate of drug-likeness (QED) is 0.747. The molecule has 0 saturated carbocycles. The highest BCUT2D eigenvalue weighted by Crippen LogP contribution is 2.13. The van der Waals surface area contributed by atoms with E-state index in [1.165, 1.54) is 12.1 Å². The van der Waals surface area contributed by atoms with Crippen LogP contribution < -0.4 is 0 Å². The summed E-state index contributed by atoms with van der Waals surface area (Å²) in [6.45, 7) is 3.16. The molecule has 4 heteroatoms. The van der Waals surface area contributed by atoms with E-state index >= 15 is 0 Å². The van der Waals surface area contributed by atoms with Crippen LogP contribution in [0, 0.1) is 11.6 Å².